The summed E-state index contributed by atoms with van der Waals surface area (Å²) in [4.78, 5) is 0. The molecule has 0 fully saturated rings. The number of benzene rings is 1. The summed E-state index contributed by atoms with van der Waals surface area (Å²) in [5.74, 6) is 0. The van der Waals surface area contributed by atoms with Crippen LogP contribution in [0.1, 0.15) is 118 Å². The summed E-state index contributed by atoms with van der Waals surface area (Å²) in [7, 11) is -1.23. The molecule has 0 N–H and O–H groups in total. The molecule has 0 aromatic heterocycles. The first-order valence-corrected chi connectivity index (χ1v) is 15.6. The van der Waals surface area contributed by atoms with E-state index in [1.165, 1.54) is 100 Å². The third kappa shape index (κ3) is 13.8. The van der Waals surface area contributed by atoms with Crippen LogP contribution in [-0.4, -0.2) is 31.7 Å². The van der Waals surface area contributed by atoms with Gasteiger partial charge < -0.3 is 8.85 Å². The number of rotatable bonds is 20. The molecule has 2 unspecified atom stereocenters. The molecule has 2 atom stereocenters. The van der Waals surface area contributed by atoms with Crippen LogP contribution in [0.2, 0.25) is 0 Å². The second kappa shape index (κ2) is 19.3. The van der Waals surface area contributed by atoms with Crippen molar-refractivity contribution in [1.82, 2.24) is 0 Å². The lowest BCUT2D eigenvalue weighted by atomic mass is 10.1. The Kier molecular flexibility index (Phi) is 17.7. The number of hydrogen-bond acceptors (Lipinski definition) is 2. The molecule has 0 heterocycles. The van der Waals surface area contributed by atoms with Crippen LogP contribution in [0.3, 0.4) is 0 Å². The molecule has 0 spiro atoms. The van der Waals surface area contributed by atoms with Crippen molar-refractivity contribution in [3.63, 3.8) is 0 Å². The summed E-state index contributed by atoms with van der Waals surface area (Å²) in [5, 5.41) is 2.87. The van der Waals surface area contributed by atoms with E-state index in [9.17, 15) is 0 Å². The van der Waals surface area contributed by atoms with Crippen molar-refractivity contribution in [3.8, 4) is 0 Å². The highest BCUT2D eigenvalue weighted by atomic mass is 28.2. The fraction of sp³-hybridized carbons (Fsp3) is 0.769. The van der Waals surface area contributed by atoms with Crippen LogP contribution in [0.5, 0.6) is 0 Å². The lowest BCUT2D eigenvalue weighted by Gasteiger charge is -2.18. The molecule has 1 aromatic carbocycles. The Morgan fingerprint density at radius 3 is 1.27 bits per heavy atom. The van der Waals surface area contributed by atoms with E-state index in [0.29, 0.717) is 12.2 Å². The van der Waals surface area contributed by atoms with Crippen molar-refractivity contribution in [3.05, 3.63) is 24.3 Å². The van der Waals surface area contributed by atoms with Crippen molar-refractivity contribution in [1.29, 1.82) is 0 Å². The molecule has 1 aromatic rings. The van der Waals surface area contributed by atoms with Gasteiger partial charge in [-0.1, -0.05) is 116 Å². The van der Waals surface area contributed by atoms with Gasteiger partial charge in [0, 0.05) is 12.2 Å². The second-order valence-corrected chi connectivity index (χ2v) is 11.8. The summed E-state index contributed by atoms with van der Waals surface area (Å²) < 4.78 is 12.8. The van der Waals surface area contributed by atoms with E-state index in [0.717, 1.165) is 0 Å². The van der Waals surface area contributed by atoms with Crippen LogP contribution in [-0.2, 0) is 8.85 Å². The van der Waals surface area contributed by atoms with Gasteiger partial charge >= 0.3 is 0 Å². The molecular formula is C26H50O2Si2. The highest BCUT2D eigenvalue weighted by Gasteiger charge is 2.10. The SMILES string of the molecule is CCCCCCC(CCC)O[SiH2]c1ccc([SiH2]OC(CCC)CCCCCC)cc1. The topological polar surface area (TPSA) is 18.5 Å². The molecule has 0 bridgehead atoms. The van der Waals surface area contributed by atoms with Crippen LogP contribution < -0.4 is 10.4 Å². The Labute approximate surface area is 192 Å². The van der Waals surface area contributed by atoms with E-state index in [2.05, 4.69) is 52.0 Å². The third-order valence-electron chi connectivity index (χ3n) is 5.97. The first-order valence-electron chi connectivity index (χ1n) is 13.0. The maximum atomic E-state index is 6.40. The smallest absolute Gasteiger partial charge is 0.192 e. The Morgan fingerprint density at radius 1 is 0.533 bits per heavy atom. The van der Waals surface area contributed by atoms with Gasteiger partial charge in [0.25, 0.3) is 0 Å². The standard InChI is InChI=1S/C26H50O2Si2/c1-5-9-11-13-17-23(15-7-3)27-29-25-19-21-26(22-20-25)30-28-24(16-8-4)18-14-12-10-6-2/h19-24H,5-18,29-30H2,1-4H3. The van der Waals surface area contributed by atoms with Crippen molar-refractivity contribution in [2.24, 2.45) is 0 Å². The predicted octanol–water partition coefficient (Wildman–Crippen LogP) is 5.42. The molecule has 0 aliphatic rings. The van der Waals surface area contributed by atoms with Gasteiger partial charge in [-0.2, -0.15) is 0 Å². The molecule has 0 radical (unpaired) electrons. The van der Waals surface area contributed by atoms with Crippen LogP contribution in [0.15, 0.2) is 24.3 Å². The van der Waals surface area contributed by atoms with Gasteiger partial charge in [-0.15, -0.1) is 0 Å². The summed E-state index contributed by atoms with van der Waals surface area (Å²) in [6.07, 6.45) is 19.1. The maximum Gasteiger partial charge on any atom is 0.192 e. The van der Waals surface area contributed by atoms with Crippen molar-refractivity contribution in [2.45, 2.75) is 130 Å². The third-order valence-corrected chi connectivity index (χ3v) is 8.86. The lowest BCUT2D eigenvalue weighted by molar-refractivity contribution is 0.187. The quantitative estimate of drug-likeness (QED) is 0.195. The molecule has 0 saturated carbocycles. The molecule has 4 heteroatoms. The van der Waals surface area contributed by atoms with E-state index in [1.54, 1.807) is 0 Å². The molecule has 30 heavy (non-hydrogen) atoms. The summed E-state index contributed by atoms with van der Waals surface area (Å²) in [6.45, 7) is 9.11. The lowest BCUT2D eigenvalue weighted by Crippen LogP contribution is -2.28. The van der Waals surface area contributed by atoms with Gasteiger partial charge in [0.1, 0.15) is 0 Å². The van der Waals surface area contributed by atoms with E-state index >= 15 is 0 Å². The second-order valence-electron chi connectivity index (χ2n) is 8.96. The highest BCUT2D eigenvalue weighted by Crippen LogP contribution is 2.13. The normalized spacial score (nSPS) is 14.3. The minimum absolute atomic E-state index is 0.485. The van der Waals surface area contributed by atoms with Crippen LogP contribution in [0, 0.1) is 0 Å². The average molecular weight is 451 g/mol. The maximum absolute atomic E-state index is 6.40. The number of hydrogen-bond donors (Lipinski definition) is 0. The monoisotopic (exact) mass is 450 g/mol. The molecule has 0 amide bonds. The minimum Gasteiger partial charge on any atom is -0.416 e. The van der Waals surface area contributed by atoms with Gasteiger partial charge in [-0.05, 0) is 36.1 Å². The molecule has 2 nitrogen and oxygen atoms in total. The van der Waals surface area contributed by atoms with Crippen LogP contribution in [0.4, 0.5) is 0 Å². The Morgan fingerprint density at radius 2 is 0.933 bits per heavy atom. The Balaban J connectivity index is 2.37. The first-order chi connectivity index (χ1) is 14.7. The zero-order valence-corrected chi connectivity index (χ0v) is 23.4. The average Bonchev–Trinajstić information content (AvgIpc) is 2.77. The zero-order valence-electron chi connectivity index (χ0n) is 20.6. The zero-order chi connectivity index (χ0) is 21.9. The summed E-state index contributed by atoms with van der Waals surface area (Å²) in [6, 6.07) is 9.25. The van der Waals surface area contributed by atoms with Crippen LogP contribution >= 0.6 is 0 Å². The summed E-state index contributed by atoms with van der Waals surface area (Å²) >= 11 is 0. The molecular weight excluding hydrogens is 400 g/mol. The summed E-state index contributed by atoms with van der Waals surface area (Å²) in [5.41, 5.74) is 0. The largest absolute Gasteiger partial charge is 0.416 e. The van der Waals surface area contributed by atoms with E-state index in [-0.39, 0.29) is 0 Å². The Bertz CT molecular complexity index is 447. The van der Waals surface area contributed by atoms with Gasteiger partial charge in [0.05, 0.1) is 0 Å². The molecule has 0 aliphatic carbocycles. The molecule has 1 rings (SSSR count). The van der Waals surface area contributed by atoms with Gasteiger partial charge in [-0.25, -0.2) is 0 Å². The van der Waals surface area contributed by atoms with Crippen molar-refractivity contribution in [2.75, 3.05) is 0 Å². The molecule has 174 valence electrons. The molecule has 0 aliphatic heterocycles. The first kappa shape index (κ1) is 27.6. The van der Waals surface area contributed by atoms with E-state index in [4.69, 9.17) is 8.85 Å². The highest BCUT2D eigenvalue weighted by molar-refractivity contribution is 6.49. The van der Waals surface area contributed by atoms with Crippen LogP contribution in [0.25, 0.3) is 0 Å². The number of unbranched alkanes of at least 4 members (excludes halogenated alkanes) is 6. The minimum atomic E-state index is -0.614. The van der Waals surface area contributed by atoms with Crippen molar-refractivity contribution < 1.29 is 8.85 Å². The van der Waals surface area contributed by atoms with Crippen molar-refractivity contribution >= 4 is 29.9 Å². The van der Waals surface area contributed by atoms with Gasteiger partial charge in [-0.3, -0.25) is 0 Å². The fourth-order valence-corrected chi connectivity index (χ4v) is 6.40. The van der Waals surface area contributed by atoms with E-state index in [1.807, 2.05) is 0 Å². The van der Waals surface area contributed by atoms with Gasteiger partial charge in [0.15, 0.2) is 19.5 Å². The molecule has 0 saturated heterocycles. The fourth-order valence-electron chi connectivity index (χ4n) is 4.02. The van der Waals surface area contributed by atoms with E-state index < -0.39 is 19.5 Å². The Hall–Kier alpha value is -0.426. The predicted molar refractivity (Wildman–Crippen MR) is 140 cm³/mol. The van der Waals surface area contributed by atoms with Gasteiger partial charge in [0.2, 0.25) is 0 Å².